The van der Waals surface area contributed by atoms with Crippen molar-refractivity contribution in [2.45, 2.75) is 19.8 Å². The second kappa shape index (κ2) is 6.70. The zero-order valence-electron chi connectivity index (χ0n) is 11.0. The van der Waals surface area contributed by atoms with Crippen molar-refractivity contribution in [2.75, 3.05) is 12.0 Å². The number of nitrogen functional groups attached to an aromatic ring is 1. The fraction of sp³-hybridized carbons (Fsp3) is 0.286. The van der Waals surface area contributed by atoms with Crippen molar-refractivity contribution < 1.29 is 4.74 Å². The summed E-state index contributed by atoms with van der Waals surface area (Å²) in [5, 5.41) is 0. The van der Waals surface area contributed by atoms with Gasteiger partial charge in [0.25, 0.3) is 0 Å². The number of nitrogens with zero attached hydrogens (tertiary/aromatic N) is 2. The van der Waals surface area contributed by atoms with Crippen LogP contribution in [0.15, 0.2) is 36.7 Å². The quantitative estimate of drug-likeness (QED) is 0.471. The number of aromatic nitrogens is 2. The van der Waals surface area contributed by atoms with Gasteiger partial charge in [-0.2, -0.15) is 0 Å². The van der Waals surface area contributed by atoms with E-state index in [9.17, 15) is 0 Å². The summed E-state index contributed by atoms with van der Waals surface area (Å²) in [7, 11) is 0. The molecule has 19 heavy (non-hydrogen) atoms. The lowest BCUT2D eigenvalue weighted by atomic mass is 10.1. The number of hydrazine groups is 1. The van der Waals surface area contributed by atoms with Crippen LogP contribution >= 0.6 is 0 Å². The van der Waals surface area contributed by atoms with Crippen LogP contribution in [0.4, 0.5) is 5.82 Å². The maximum absolute atomic E-state index is 5.65. The first-order chi connectivity index (χ1) is 9.31. The second-order valence-corrected chi connectivity index (χ2v) is 4.23. The third-order valence-corrected chi connectivity index (χ3v) is 2.87. The first-order valence-electron chi connectivity index (χ1n) is 6.26. The number of rotatable bonds is 6. The van der Waals surface area contributed by atoms with Gasteiger partial charge in [-0.05, 0) is 25.3 Å². The molecule has 2 aromatic rings. The van der Waals surface area contributed by atoms with Gasteiger partial charge >= 0.3 is 0 Å². The molecule has 0 aliphatic rings. The van der Waals surface area contributed by atoms with E-state index in [0.29, 0.717) is 18.3 Å². The second-order valence-electron chi connectivity index (χ2n) is 4.23. The molecule has 5 nitrogen and oxygen atoms in total. The first-order valence-corrected chi connectivity index (χ1v) is 6.26. The fourth-order valence-electron chi connectivity index (χ4n) is 1.81. The third kappa shape index (κ3) is 3.66. The van der Waals surface area contributed by atoms with E-state index in [1.807, 2.05) is 25.1 Å². The fourth-order valence-corrected chi connectivity index (χ4v) is 1.81. The van der Waals surface area contributed by atoms with Crippen molar-refractivity contribution in [3.05, 3.63) is 47.8 Å². The van der Waals surface area contributed by atoms with Gasteiger partial charge in [-0.1, -0.05) is 30.3 Å². The van der Waals surface area contributed by atoms with Crippen LogP contribution in [0.5, 0.6) is 5.88 Å². The van der Waals surface area contributed by atoms with Crippen molar-refractivity contribution >= 4 is 5.82 Å². The Bertz CT molecular complexity index is 516. The molecule has 0 aliphatic carbocycles. The molecule has 0 amide bonds. The lowest BCUT2D eigenvalue weighted by molar-refractivity contribution is 0.296. The summed E-state index contributed by atoms with van der Waals surface area (Å²) in [4.78, 5) is 8.11. The average molecular weight is 258 g/mol. The monoisotopic (exact) mass is 258 g/mol. The highest BCUT2D eigenvalue weighted by Crippen LogP contribution is 2.19. The van der Waals surface area contributed by atoms with Crippen LogP contribution in [0.25, 0.3) is 0 Å². The van der Waals surface area contributed by atoms with Crippen LogP contribution < -0.4 is 16.0 Å². The topological polar surface area (TPSA) is 73.1 Å². The van der Waals surface area contributed by atoms with Gasteiger partial charge in [0.1, 0.15) is 12.1 Å². The van der Waals surface area contributed by atoms with Gasteiger partial charge in [0.05, 0.1) is 12.2 Å². The van der Waals surface area contributed by atoms with Crippen molar-refractivity contribution in [3.63, 3.8) is 0 Å². The molecule has 0 fully saturated rings. The van der Waals surface area contributed by atoms with Crippen LogP contribution in [0.1, 0.15) is 17.5 Å². The largest absolute Gasteiger partial charge is 0.477 e. The Labute approximate surface area is 112 Å². The average Bonchev–Trinajstić information content (AvgIpc) is 2.46. The Morgan fingerprint density at radius 1 is 1.21 bits per heavy atom. The molecule has 0 bridgehead atoms. The maximum atomic E-state index is 5.65. The van der Waals surface area contributed by atoms with Crippen LogP contribution in [-0.4, -0.2) is 16.6 Å². The van der Waals surface area contributed by atoms with E-state index in [0.717, 1.165) is 18.4 Å². The Balaban J connectivity index is 1.83. The zero-order valence-corrected chi connectivity index (χ0v) is 11.0. The van der Waals surface area contributed by atoms with Gasteiger partial charge in [0.15, 0.2) is 0 Å². The van der Waals surface area contributed by atoms with Crippen molar-refractivity contribution in [3.8, 4) is 5.88 Å². The summed E-state index contributed by atoms with van der Waals surface area (Å²) < 4.78 is 5.65. The highest BCUT2D eigenvalue weighted by molar-refractivity contribution is 5.46. The van der Waals surface area contributed by atoms with Crippen LogP contribution in [0, 0.1) is 6.92 Å². The van der Waals surface area contributed by atoms with E-state index in [2.05, 4.69) is 27.5 Å². The Morgan fingerprint density at radius 3 is 2.74 bits per heavy atom. The molecule has 1 aromatic carbocycles. The Morgan fingerprint density at radius 2 is 2.00 bits per heavy atom. The number of hydrogen-bond donors (Lipinski definition) is 2. The first kappa shape index (κ1) is 13.3. The predicted molar refractivity (Wildman–Crippen MR) is 74.8 cm³/mol. The molecule has 100 valence electrons. The van der Waals surface area contributed by atoms with E-state index in [4.69, 9.17) is 10.6 Å². The highest BCUT2D eigenvalue weighted by atomic mass is 16.5. The van der Waals surface area contributed by atoms with Gasteiger partial charge in [0, 0.05) is 0 Å². The molecule has 0 spiro atoms. The van der Waals surface area contributed by atoms with E-state index >= 15 is 0 Å². The molecule has 0 atom stereocenters. The number of nitrogens with one attached hydrogen (secondary N) is 1. The van der Waals surface area contributed by atoms with Gasteiger partial charge in [0.2, 0.25) is 5.88 Å². The van der Waals surface area contributed by atoms with E-state index in [1.54, 1.807) is 0 Å². The van der Waals surface area contributed by atoms with Gasteiger partial charge < -0.3 is 10.2 Å². The van der Waals surface area contributed by atoms with Gasteiger partial charge in [-0.15, -0.1) is 0 Å². The summed E-state index contributed by atoms with van der Waals surface area (Å²) in [6.07, 6.45) is 3.38. The number of nitrogens with two attached hydrogens (primary N) is 1. The lowest BCUT2D eigenvalue weighted by Gasteiger charge is -2.10. The molecular formula is C14H18N4O. The Kier molecular flexibility index (Phi) is 4.69. The van der Waals surface area contributed by atoms with Gasteiger partial charge in [-0.25, -0.2) is 15.8 Å². The number of hydrogen-bond acceptors (Lipinski definition) is 5. The lowest BCUT2D eigenvalue weighted by Crippen LogP contribution is -2.12. The molecule has 3 N–H and O–H groups in total. The van der Waals surface area contributed by atoms with E-state index < -0.39 is 0 Å². The summed E-state index contributed by atoms with van der Waals surface area (Å²) in [5.41, 5.74) is 4.66. The normalized spacial score (nSPS) is 10.2. The van der Waals surface area contributed by atoms with E-state index in [1.165, 1.54) is 11.9 Å². The minimum Gasteiger partial charge on any atom is -0.477 e. The van der Waals surface area contributed by atoms with Crippen molar-refractivity contribution in [2.24, 2.45) is 5.84 Å². The smallest absolute Gasteiger partial charge is 0.221 e. The minimum atomic E-state index is 0.580. The molecule has 0 unspecified atom stereocenters. The molecule has 0 saturated carbocycles. The standard InChI is InChI=1S/C14H18N4O/c1-11-13(18-15)16-10-17-14(11)19-9-5-8-12-6-3-2-4-7-12/h2-4,6-7,10H,5,8-9,15H2,1H3,(H,16,17,18). The predicted octanol–water partition coefficient (Wildman–Crippen LogP) is 2.08. The molecule has 0 saturated heterocycles. The molecule has 0 radical (unpaired) electrons. The SMILES string of the molecule is Cc1c(NN)ncnc1OCCCc1ccccc1. The number of ether oxygens (including phenoxy) is 1. The molecule has 1 heterocycles. The number of anilines is 1. The van der Waals surface area contributed by atoms with Crippen LogP contribution in [0.2, 0.25) is 0 Å². The van der Waals surface area contributed by atoms with Crippen molar-refractivity contribution in [1.82, 2.24) is 9.97 Å². The third-order valence-electron chi connectivity index (χ3n) is 2.87. The molecule has 0 aliphatic heterocycles. The highest BCUT2D eigenvalue weighted by Gasteiger charge is 2.06. The molecule has 2 rings (SSSR count). The summed E-state index contributed by atoms with van der Waals surface area (Å²) >= 11 is 0. The number of benzene rings is 1. The maximum Gasteiger partial charge on any atom is 0.221 e. The summed E-state index contributed by atoms with van der Waals surface area (Å²) in [6, 6.07) is 10.3. The summed E-state index contributed by atoms with van der Waals surface area (Å²) in [6.45, 7) is 2.50. The van der Waals surface area contributed by atoms with Crippen molar-refractivity contribution in [1.29, 1.82) is 0 Å². The molecule has 5 heteroatoms. The minimum absolute atomic E-state index is 0.580. The zero-order chi connectivity index (χ0) is 13.5. The van der Waals surface area contributed by atoms with E-state index in [-0.39, 0.29) is 0 Å². The summed E-state index contributed by atoms with van der Waals surface area (Å²) in [5.74, 6) is 6.52. The Hall–Kier alpha value is -2.14. The number of aryl methyl sites for hydroxylation is 1. The van der Waals surface area contributed by atoms with Gasteiger partial charge in [-0.3, -0.25) is 0 Å². The molecular weight excluding hydrogens is 240 g/mol. The van der Waals surface area contributed by atoms with Crippen LogP contribution in [-0.2, 0) is 6.42 Å². The molecule has 1 aromatic heterocycles. The van der Waals surface area contributed by atoms with Crippen LogP contribution in [0.3, 0.4) is 0 Å².